The van der Waals surface area contributed by atoms with Gasteiger partial charge < -0.3 is 10.0 Å². The Morgan fingerprint density at radius 3 is 2.79 bits per heavy atom. The summed E-state index contributed by atoms with van der Waals surface area (Å²) in [6.45, 7) is 0.287. The number of hydrogen-bond acceptors (Lipinski definition) is 4. The van der Waals surface area contributed by atoms with Gasteiger partial charge in [-0.3, -0.25) is 0 Å². The van der Waals surface area contributed by atoms with Crippen molar-refractivity contribution in [1.29, 1.82) is 0 Å². The predicted octanol–water partition coefficient (Wildman–Crippen LogP) is 3.27. The Labute approximate surface area is 118 Å². The third-order valence-electron chi connectivity index (χ3n) is 2.46. The summed E-state index contributed by atoms with van der Waals surface area (Å²) in [7, 11) is 1.70. The topological polar surface area (TPSA) is 53.4 Å². The lowest BCUT2D eigenvalue weighted by Gasteiger charge is -2.15. The number of nitrogens with zero attached hydrogens (tertiary/aromatic N) is 2. The number of thiazole rings is 1. The molecule has 0 unspecified atom stereocenters. The second-order valence-corrected chi connectivity index (χ2v) is 5.20. The summed E-state index contributed by atoms with van der Waals surface area (Å²) in [6.07, 6.45) is 0. The Kier molecular flexibility index (Phi) is 4.01. The zero-order valence-electron chi connectivity index (χ0n) is 9.93. The van der Waals surface area contributed by atoms with Gasteiger partial charge in [0.1, 0.15) is 5.82 Å². The number of anilines is 1. The minimum absolute atomic E-state index is 0.0166. The normalized spacial score (nSPS) is 10.5. The molecule has 19 heavy (non-hydrogen) atoms. The summed E-state index contributed by atoms with van der Waals surface area (Å²) in [5.74, 6) is -1.43. The zero-order chi connectivity index (χ0) is 14.0. The van der Waals surface area contributed by atoms with Crippen molar-refractivity contribution in [3.63, 3.8) is 0 Å². The molecule has 1 aromatic carbocycles. The number of halogens is 2. The SMILES string of the molecule is CN(Cc1ccccc1F)c1nc(Cl)c(C(=O)O)s1. The molecule has 0 aliphatic carbocycles. The average Bonchev–Trinajstić information content (AvgIpc) is 2.74. The molecule has 1 N–H and O–H groups in total. The Morgan fingerprint density at radius 1 is 1.53 bits per heavy atom. The highest BCUT2D eigenvalue weighted by atomic mass is 35.5. The van der Waals surface area contributed by atoms with Gasteiger partial charge in [0.15, 0.2) is 15.2 Å². The minimum Gasteiger partial charge on any atom is -0.477 e. The van der Waals surface area contributed by atoms with E-state index >= 15 is 0 Å². The van der Waals surface area contributed by atoms with Crippen molar-refractivity contribution in [3.05, 3.63) is 45.7 Å². The van der Waals surface area contributed by atoms with Gasteiger partial charge in [0.25, 0.3) is 0 Å². The van der Waals surface area contributed by atoms with Gasteiger partial charge in [0.05, 0.1) is 0 Å². The van der Waals surface area contributed by atoms with Crippen molar-refractivity contribution in [3.8, 4) is 0 Å². The Hall–Kier alpha value is -1.66. The van der Waals surface area contributed by atoms with E-state index in [9.17, 15) is 9.18 Å². The summed E-state index contributed by atoms with van der Waals surface area (Å²) < 4.78 is 13.5. The molecule has 0 aliphatic rings. The second-order valence-electron chi connectivity index (χ2n) is 3.87. The first kappa shape index (κ1) is 13.8. The molecule has 7 heteroatoms. The van der Waals surface area contributed by atoms with Crippen molar-refractivity contribution in [2.45, 2.75) is 6.54 Å². The highest BCUT2D eigenvalue weighted by Crippen LogP contribution is 2.29. The smallest absolute Gasteiger partial charge is 0.349 e. The van der Waals surface area contributed by atoms with E-state index < -0.39 is 5.97 Å². The number of carboxylic acids is 1. The molecule has 0 spiro atoms. The highest BCUT2D eigenvalue weighted by molar-refractivity contribution is 7.18. The molecule has 0 fully saturated rings. The van der Waals surface area contributed by atoms with Crippen LogP contribution in [0.15, 0.2) is 24.3 Å². The van der Waals surface area contributed by atoms with E-state index in [-0.39, 0.29) is 22.4 Å². The van der Waals surface area contributed by atoms with Crippen LogP contribution in [-0.2, 0) is 6.54 Å². The molecular weight excluding hydrogens is 291 g/mol. The fourth-order valence-electron chi connectivity index (χ4n) is 1.54. The van der Waals surface area contributed by atoms with E-state index in [2.05, 4.69) is 4.98 Å². The second kappa shape index (κ2) is 5.54. The molecular formula is C12H10ClFN2O2S. The van der Waals surface area contributed by atoms with Crippen LogP contribution in [0.2, 0.25) is 5.15 Å². The van der Waals surface area contributed by atoms with Gasteiger partial charge in [-0.25, -0.2) is 14.2 Å². The monoisotopic (exact) mass is 300 g/mol. The summed E-state index contributed by atoms with van der Waals surface area (Å²) in [4.78, 5) is 16.5. The maximum absolute atomic E-state index is 13.5. The number of hydrogen-bond donors (Lipinski definition) is 1. The van der Waals surface area contributed by atoms with Crippen molar-refractivity contribution < 1.29 is 14.3 Å². The lowest BCUT2D eigenvalue weighted by Crippen LogP contribution is -2.16. The van der Waals surface area contributed by atoms with E-state index in [0.717, 1.165) is 11.3 Å². The number of rotatable bonds is 4. The van der Waals surface area contributed by atoms with Crippen LogP contribution in [0.3, 0.4) is 0 Å². The van der Waals surface area contributed by atoms with Crippen LogP contribution < -0.4 is 4.90 Å². The molecule has 2 aromatic rings. The van der Waals surface area contributed by atoms with Crippen LogP contribution in [0.25, 0.3) is 0 Å². The molecule has 1 heterocycles. The third-order valence-corrected chi connectivity index (χ3v) is 4.00. The molecule has 2 rings (SSSR count). The Bertz CT molecular complexity index is 618. The number of carbonyl (C=O) groups is 1. The minimum atomic E-state index is -1.12. The van der Waals surface area contributed by atoms with Crippen molar-refractivity contribution in [2.75, 3.05) is 11.9 Å². The zero-order valence-corrected chi connectivity index (χ0v) is 11.5. The van der Waals surface area contributed by atoms with E-state index in [1.807, 2.05) is 0 Å². The van der Waals surface area contributed by atoms with Crippen molar-refractivity contribution in [2.24, 2.45) is 0 Å². The van der Waals surface area contributed by atoms with Crippen molar-refractivity contribution >= 4 is 34.0 Å². The number of carboxylic acid groups (broad SMARTS) is 1. The van der Waals surface area contributed by atoms with E-state index in [1.165, 1.54) is 6.07 Å². The first-order valence-electron chi connectivity index (χ1n) is 5.33. The average molecular weight is 301 g/mol. The van der Waals surface area contributed by atoms with Gasteiger partial charge in [-0.1, -0.05) is 41.1 Å². The lowest BCUT2D eigenvalue weighted by atomic mass is 10.2. The van der Waals surface area contributed by atoms with Gasteiger partial charge in [-0.2, -0.15) is 0 Å². The third kappa shape index (κ3) is 3.02. The summed E-state index contributed by atoms with van der Waals surface area (Å²) in [5.41, 5.74) is 0.508. The van der Waals surface area contributed by atoms with Crippen LogP contribution in [0.4, 0.5) is 9.52 Å². The van der Waals surface area contributed by atoms with Gasteiger partial charge in [-0.05, 0) is 6.07 Å². The Balaban J connectivity index is 2.21. The summed E-state index contributed by atoms with van der Waals surface area (Å²) in [5, 5.41) is 9.29. The molecule has 0 saturated carbocycles. The Morgan fingerprint density at radius 2 is 2.21 bits per heavy atom. The number of aromatic carboxylic acids is 1. The van der Waals surface area contributed by atoms with Gasteiger partial charge >= 0.3 is 5.97 Å². The van der Waals surface area contributed by atoms with E-state index in [0.29, 0.717) is 10.7 Å². The predicted molar refractivity (Wildman–Crippen MR) is 72.6 cm³/mol. The lowest BCUT2D eigenvalue weighted by molar-refractivity contribution is 0.0702. The number of benzene rings is 1. The molecule has 4 nitrogen and oxygen atoms in total. The molecule has 1 aromatic heterocycles. The first-order valence-corrected chi connectivity index (χ1v) is 6.52. The quantitative estimate of drug-likeness (QED) is 0.941. The van der Waals surface area contributed by atoms with E-state index in [4.69, 9.17) is 16.7 Å². The molecule has 0 aliphatic heterocycles. The maximum Gasteiger partial charge on any atom is 0.349 e. The fraction of sp³-hybridized carbons (Fsp3) is 0.167. The summed E-state index contributed by atoms with van der Waals surface area (Å²) >= 11 is 6.70. The van der Waals surface area contributed by atoms with Crippen LogP contribution in [0.1, 0.15) is 15.2 Å². The molecule has 0 bridgehead atoms. The van der Waals surface area contributed by atoms with Gasteiger partial charge in [-0.15, -0.1) is 0 Å². The van der Waals surface area contributed by atoms with Crippen LogP contribution in [0, 0.1) is 5.82 Å². The summed E-state index contributed by atoms with van der Waals surface area (Å²) in [6, 6.07) is 6.39. The standard InChI is InChI=1S/C12H10ClFN2O2S/c1-16(6-7-4-2-3-5-8(7)14)12-15-10(13)9(19-12)11(17)18/h2-5H,6H2,1H3,(H,17,18). The number of aromatic nitrogens is 1. The van der Waals surface area contributed by atoms with Crippen molar-refractivity contribution in [1.82, 2.24) is 4.98 Å². The highest BCUT2D eigenvalue weighted by Gasteiger charge is 2.18. The van der Waals surface area contributed by atoms with Gasteiger partial charge in [0, 0.05) is 19.2 Å². The maximum atomic E-state index is 13.5. The molecule has 0 radical (unpaired) electrons. The van der Waals surface area contributed by atoms with E-state index in [1.54, 1.807) is 30.1 Å². The molecule has 0 atom stereocenters. The molecule has 100 valence electrons. The van der Waals surface area contributed by atoms with Crippen LogP contribution >= 0.6 is 22.9 Å². The van der Waals surface area contributed by atoms with Gasteiger partial charge in [0.2, 0.25) is 0 Å². The van der Waals surface area contributed by atoms with Crippen LogP contribution in [-0.4, -0.2) is 23.1 Å². The largest absolute Gasteiger partial charge is 0.477 e. The fourth-order valence-corrected chi connectivity index (χ4v) is 2.62. The molecule has 0 amide bonds. The van der Waals surface area contributed by atoms with Crippen LogP contribution in [0.5, 0.6) is 0 Å². The molecule has 0 saturated heterocycles. The first-order chi connectivity index (χ1) is 8.99.